The highest BCUT2D eigenvalue weighted by Gasteiger charge is 2.37. The Labute approximate surface area is 150 Å². The van der Waals surface area contributed by atoms with Crippen LogP contribution in [-0.2, 0) is 12.7 Å². The van der Waals surface area contributed by atoms with Crippen molar-refractivity contribution in [1.29, 1.82) is 0 Å². The van der Waals surface area contributed by atoms with E-state index in [4.69, 9.17) is 4.74 Å². The fourth-order valence-corrected chi connectivity index (χ4v) is 3.01. The van der Waals surface area contributed by atoms with Crippen LogP contribution in [0.4, 0.5) is 13.2 Å². The van der Waals surface area contributed by atoms with Crippen LogP contribution in [-0.4, -0.2) is 16.2 Å². The number of halogens is 3. The second-order valence-electron chi connectivity index (χ2n) is 6.62. The Kier molecular flexibility index (Phi) is 4.94. The summed E-state index contributed by atoms with van der Waals surface area (Å²) in [6, 6.07) is 12.5. The summed E-state index contributed by atoms with van der Waals surface area (Å²) in [7, 11) is 0. The molecule has 0 saturated heterocycles. The van der Waals surface area contributed by atoms with Gasteiger partial charge in [-0.2, -0.15) is 13.2 Å². The number of hydrogen-bond acceptors (Lipinski definition) is 2. The van der Waals surface area contributed by atoms with Gasteiger partial charge in [0, 0.05) is 0 Å². The summed E-state index contributed by atoms with van der Waals surface area (Å²) in [6.45, 7) is 6.28. The first kappa shape index (κ1) is 18.3. The number of rotatable bonds is 5. The predicted octanol–water partition coefficient (Wildman–Crippen LogP) is 5.57. The van der Waals surface area contributed by atoms with Crippen LogP contribution in [0.25, 0.3) is 11.0 Å². The highest BCUT2D eigenvalue weighted by Crippen LogP contribution is 2.32. The molecule has 6 heteroatoms. The molecule has 0 aliphatic rings. The van der Waals surface area contributed by atoms with Crippen molar-refractivity contribution in [2.45, 2.75) is 39.4 Å². The maximum atomic E-state index is 13.3. The van der Waals surface area contributed by atoms with E-state index in [-0.39, 0.29) is 19.1 Å². The number of nitrogens with zero attached hydrogens (tertiary/aromatic N) is 2. The number of alkyl halides is 3. The lowest BCUT2D eigenvalue weighted by Gasteiger charge is -2.16. The number of ether oxygens (including phenoxy) is 1. The smallest absolute Gasteiger partial charge is 0.449 e. The monoisotopic (exact) mass is 362 g/mol. The Morgan fingerprint density at radius 3 is 2.54 bits per heavy atom. The summed E-state index contributed by atoms with van der Waals surface area (Å²) in [5.41, 5.74) is 2.88. The van der Waals surface area contributed by atoms with Crippen molar-refractivity contribution in [1.82, 2.24) is 9.55 Å². The zero-order valence-electron chi connectivity index (χ0n) is 15.0. The summed E-state index contributed by atoms with van der Waals surface area (Å²) in [4.78, 5) is 3.75. The second-order valence-corrected chi connectivity index (χ2v) is 6.62. The van der Waals surface area contributed by atoms with Crippen molar-refractivity contribution in [3.63, 3.8) is 0 Å². The van der Waals surface area contributed by atoms with Gasteiger partial charge in [0.05, 0.1) is 17.6 Å². The van der Waals surface area contributed by atoms with Gasteiger partial charge >= 0.3 is 6.18 Å². The number of hydrogen-bond donors (Lipinski definition) is 0. The van der Waals surface area contributed by atoms with Crippen LogP contribution >= 0.6 is 0 Å². The van der Waals surface area contributed by atoms with Crippen LogP contribution in [0, 0.1) is 6.92 Å². The standard InChI is InChI=1S/C20H21F3N2O/c1-13(2)15-9-8-14(3)12-18(15)26-11-10-25-17-7-5-4-6-16(17)24-19(25)20(21,22)23/h4-9,12-13H,10-11H2,1-3H3. The highest BCUT2D eigenvalue weighted by atomic mass is 19.4. The van der Waals surface area contributed by atoms with Gasteiger partial charge in [0.25, 0.3) is 0 Å². The van der Waals surface area contributed by atoms with Gasteiger partial charge in [-0.05, 0) is 42.2 Å². The molecule has 0 saturated carbocycles. The number of aromatic nitrogens is 2. The topological polar surface area (TPSA) is 27.1 Å². The maximum Gasteiger partial charge on any atom is 0.449 e. The Morgan fingerprint density at radius 2 is 1.85 bits per heavy atom. The van der Waals surface area contributed by atoms with Gasteiger partial charge in [-0.15, -0.1) is 0 Å². The van der Waals surface area contributed by atoms with Crippen molar-refractivity contribution in [2.75, 3.05) is 6.61 Å². The van der Waals surface area contributed by atoms with Crippen molar-refractivity contribution < 1.29 is 17.9 Å². The SMILES string of the molecule is Cc1ccc(C(C)C)c(OCCn2c(C(F)(F)F)nc3ccccc32)c1. The average molecular weight is 362 g/mol. The molecule has 0 radical (unpaired) electrons. The molecule has 0 amide bonds. The van der Waals surface area contributed by atoms with Gasteiger partial charge in [-0.1, -0.05) is 38.1 Å². The van der Waals surface area contributed by atoms with Gasteiger partial charge in [-0.3, -0.25) is 0 Å². The third-order valence-electron chi connectivity index (χ3n) is 4.27. The third-order valence-corrected chi connectivity index (χ3v) is 4.27. The summed E-state index contributed by atoms with van der Waals surface area (Å²) in [6.07, 6.45) is -4.51. The Balaban J connectivity index is 1.86. The zero-order chi connectivity index (χ0) is 18.9. The minimum Gasteiger partial charge on any atom is -0.491 e. The molecule has 3 nitrogen and oxygen atoms in total. The normalized spacial score (nSPS) is 12.1. The second kappa shape index (κ2) is 7.02. The summed E-state index contributed by atoms with van der Waals surface area (Å²) in [5, 5.41) is 0. The minimum atomic E-state index is -4.51. The Hall–Kier alpha value is -2.50. The van der Waals surface area contributed by atoms with Crippen molar-refractivity contribution in [3.8, 4) is 5.75 Å². The first-order valence-electron chi connectivity index (χ1n) is 8.53. The Bertz CT molecular complexity index is 913. The third kappa shape index (κ3) is 3.69. The molecule has 3 aromatic rings. The molecule has 138 valence electrons. The molecule has 2 aromatic carbocycles. The lowest BCUT2D eigenvalue weighted by atomic mass is 10.0. The summed E-state index contributed by atoms with van der Waals surface area (Å²) in [5.74, 6) is 0.0963. The van der Waals surface area contributed by atoms with E-state index >= 15 is 0 Å². The number of aryl methyl sites for hydroxylation is 1. The predicted molar refractivity (Wildman–Crippen MR) is 95.5 cm³/mol. The summed E-state index contributed by atoms with van der Waals surface area (Å²) < 4.78 is 47.0. The molecular formula is C20H21F3N2O. The molecule has 0 spiro atoms. The van der Waals surface area contributed by atoms with E-state index in [1.165, 1.54) is 4.57 Å². The molecule has 1 aromatic heterocycles. The van der Waals surface area contributed by atoms with Crippen LogP contribution in [0.15, 0.2) is 42.5 Å². The van der Waals surface area contributed by atoms with E-state index in [1.54, 1.807) is 24.3 Å². The zero-order valence-corrected chi connectivity index (χ0v) is 15.0. The van der Waals surface area contributed by atoms with Crippen molar-refractivity contribution >= 4 is 11.0 Å². The van der Waals surface area contributed by atoms with E-state index in [2.05, 4.69) is 18.8 Å². The molecule has 0 atom stereocenters. The number of para-hydroxylation sites is 2. The van der Waals surface area contributed by atoms with Crippen LogP contribution in [0.1, 0.15) is 36.7 Å². The molecule has 0 bridgehead atoms. The van der Waals surface area contributed by atoms with Crippen LogP contribution in [0.5, 0.6) is 5.75 Å². The van der Waals surface area contributed by atoms with Crippen LogP contribution < -0.4 is 4.74 Å². The average Bonchev–Trinajstić information content (AvgIpc) is 2.94. The lowest BCUT2D eigenvalue weighted by Crippen LogP contribution is -2.18. The molecule has 3 rings (SSSR count). The number of benzene rings is 2. The molecule has 1 heterocycles. The number of fused-ring (bicyclic) bond motifs is 1. The molecule has 0 unspecified atom stereocenters. The van der Waals surface area contributed by atoms with Crippen molar-refractivity contribution in [2.24, 2.45) is 0 Å². The molecule has 0 fully saturated rings. The van der Waals surface area contributed by atoms with Crippen LogP contribution in [0.3, 0.4) is 0 Å². The van der Waals surface area contributed by atoms with Gasteiger partial charge in [0.1, 0.15) is 12.4 Å². The van der Waals surface area contributed by atoms with E-state index in [9.17, 15) is 13.2 Å². The fourth-order valence-electron chi connectivity index (χ4n) is 3.01. The van der Waals surface area contributed by atoms with Gasteiger partial charge in [-0.25, -0.2) is 4.98 Å². The molecule has 0 N–H and O–H groups in total. The lowest BCUT2D eigenvalue weighted by molar-refractivity contribution is -0.147. The molecule has 26 heavy (non-hydrogen) atoms. The van der Waals surface area contributed by atoms with E-state index in [0.717, 1.165) is 16.9 Å². The Morgan fingerprint density at radius 1 is 1.12 bits per heavy atom. The van der Waals surface area contributed by atoms with Gasteiger partial charge in [0.15, 0.2) is 0 Å². The molecular weight excluding hydrogens is 341 g/mol. The van der Waals surface area contributed by atoms with E-state index < -0.39 is 12.0 Å². The summed E-state index contributed by atoms with van der Waals surface area (Å²) >= 11 is 0. The van der Waals surface area contributed by atoms with Crippen LogP contribution in [0.2, 0.25) is 0 Å². The molecule has 0 aliphatic carbocycles. The first-order valence-corrected chi connectivity index (χ1v) is 8.53. The first-order chi connectivity index (χ1) is 12.3. The van der Waals surface area contributed by atoms with E-state index in [1.807, 2.05) is 25.1 Å². The maximum absolute atomic E-state index is 13.3. The fraction of sp³-hybridized carbons (Fsp3) is 0.350. The minimum absolute atomic E-state index is 0.0703. The number of imidazole rings is 1. The highest BCUT2D eigenvalue weighted by molar-refractivity contribution is 5.76. The van der Waals surface area contributed by atoms with E-state index in [0.29, 0.717) is 11.0 Å². The van der Waals surface area contributed by atoms with Gasteiger partial charge < -0.3 is 9.30 Å². The molecule has 0 aliphatic heterocycles. The van der Waals surface area contributed by atoms with Gasteiger partial charge in [0.2, 0.25) is 5.82 Å². The largest absolute Gasteiger partial charge is 0.491 e. The van der Waals surface area contributed by atoms with Crippen molar-refractivity contribution in [3.05, 3.63) is 59.4 Å². The quantitative estimate of drug-likeness (QED) is 0.594.